The summed E-state index contributed by atoms with van der Waals surface area (Å²) in [6.45, 7) is 4.75. The van der Waals surface area contributed by atoms with Crippen LogP contribution in [0.4, 0.5) is 5.69 Å². The third-order valence-corrected chi connectivity index (χ3v) is 5.00. The van der Waals surface area contributed by atoms with Crippen molar-refractivity contribution in [2.45, 2.75) is 26.8 Å². The quantitative estimate of drug-likeness (QED) is 0.809. The van der Waals surface area contributed by atoms with Crippen LogP contribution in [0.1, 0.15) is 33.5 Å². The highest BCUT2D eigenvalue weighted by molar-refractivity contribution is 5.99. The molecule has 2 aromatic rings. The van der Waals surface area contributed by atoms with E-state index in [1.807, 2.05) is 38.1 Å². The number of anilines is 1. The van der Waals surface area contributed by atoms with E-state index in [0.717, 1.165) is 11.1 Å². The lowest BCUT2D eigenvalue weighted by atomic mass is 10.1. The first-order valence-electron chi connectivity index (χ1n) is 9.20. The molecule has 1 aliphatic rings. The number of amides is 2. The van der Waals surface area contributed by atoms with Crippen molar-refractivity contribution < 1.29 is 19.1 Å². The maximum absolute atomic E-state index is 12.7. The van der Waals surface area contributed by atoms with Gasteiger partial charge in [0.25, 0.3) is 0 Å². The number of methoxy groups -OCH3 is 1. The average Bonchev–Trinajstić information content (AvgIpc) is 3.05. The Hall–Kier alpha value is -3.15. The van der Waals surface area contributed by atoms with Gasteiger partial charge in [-0.15, -0.1) is 0 Å². The number of nitrogens with one attached hydrogen (secondary N) is 1. The molecule has 1 aliphatic heterocycles. The number of carbonyl (C=O) groups excluding carboxylic acids is 3. The largest absolute Gasteiger partial charge is 0.465 e. The van der Waals surface area contributed by atoms with Crippen LogP contribution in [0, 0.1) is 19.8 Å². The summed E-state index contributed by atoms with van der Waals surface area (Å²) in [7, 11) is 1.31. The molecule has 0 aromatic heterocycles. The zero-order chi connectivity index (χ0) is 20.3. The van der Waals surface area contributed by atoms with E-state index in [2.05, 4.69) is 5.32 Å². The summed E-state index contributed by atoms with van der Waals surface area (Å²) in [5.41, 5.74) is 3.96. The van der Waals surface area contributed by atoms with Crippen molar-refractivity contribution in [3.05, 3.63) is 64.7 Å². The first-order chi connectivity index (χ1) is 13.4. The Morgan fingerprint density at radius 1 is 1.14 bits per heavy atom. The molecule has 1 saturated heterocycles. The van der Waals surface area contributed by atoms with Crippen LogP contribution in [0.15, 0.2) is 42.5 Å². The minimum atomic E-state index is -0.462. The number of aryl methyl sites for hydroxylation is 2. The molecule has 1 N–H and O–H groups in total. The van der Waals surface area contributed by atoms with E-state index >= 15 is 0 Å². The summed E-state index contributed by atoms with van der Waals surface area (Å²) in [6.07, 6.45) is 0.188. The van der Waals surface area contributed by atoms with Gasteiger partial charge in [0.05, 0.1) is 18.6 Å². The van der Waals surface area contributed by atoms with Crippen LogP contribution in [0.5, 0.6) is 0 Å². The van der Waals surface area contributed by atoms with Gasteiger partial charge < -0.3 is 15.0 Å². The number of hydrogen-bond donors (Lipinski definition) is 1. The van der Waals surface area contributed by atoms with Gasteiger partial charge in [-0.05, 0) is 37.1 Å². The number of ether oxygens (including phenoxy) is 1. The summed E-state index contributed by atoms with van der Waals surface area (Å²) in [5.74, 6) is -1.12. The Labute approximate surface area is 164 Å². The molecule has 0 radical (unpaired) electrons. The van der Waals surface area contributed by atoms with E-state index in [4.69, 9.17) is 4.74 Å². The predicted molar refractivity (Wildman–Crippen MR) is 106 cm³/mol. The van der Waals surface area contributed by atoms with Crippen molar-refractivity contribution >= 4 is 23.5 Å². The minimum absolute atomic E-state index is 0.0271. The molecule has 1 heterocycles. The number of benzene rings is 2. The Morgan fingerprint density at radius 2 is 1.86 bits per heavy atom. The third kappa shape index (κ3) is 4.39. The van der Waals surface area contributed by atoms with Crippen molar-refractivity contribution in [1.29, 1.82) is 0 Å². The molecule has 1 fully saturated rings. The zero-order valence-corrected chi connectivity index (χ0v) is 16.3. The van der Waals surface area contributed by atoms with Crippen LogP contribution >= 0.6 is 0 Å². The van der Waals surface area contributed by atoms with Gasteiger partial charge in [0, 0.05) is 25.2 Å². The maximum Gasteiger partial charge on any atom is 0.337 e. The van der Waals surface area contributed by atoms with Gasteiger partial charge >= 0.3 is 5.97 Å². The van der Waals surface area contributed by atoms with Crippen LogP contribution in [0.3, 0.4) is 0 Å². The van der Waals surface area contributed by atoms with E-state index < -0.39 is 11.9 Å². The van der Waals surface area contributed by atoms with Crippen LogP contribution in [-0.4, -0.2) is 36.3 Å². The topological polar surface area (TPSA) is 75.7 Å². The van der Waals surface area contributed by atoms with E-state index in [1.165, 1.54) is 12.7 Å². The van der Waals surface area contributed by atoms with Gasteiger partial charge in [-0.1, -0.05) is 35.9 Å². The monoisotopic (exact) mass is 380 g/mol. The van der Waals surface area contributed by atoms with Gasteiger partial charge in [0.1, 0.15) is 0 Å². The van der Waals surface area contributed by atoms with Gasteiger partial charge in [0.2, 0.25) is 11.8 Å². The molecule has 6 heteroatoms. The fourth-order valence-electron chi connectivity index (χ4n) is 3.25. The Balaban J connectivity index is 1.66. The summed E-state index contributed by atoms with van der Waals surface area (Å²) < 4.78 is 4.72. The van der Waals surface area contributed by atoms with E-state index in [-0.39, 0.29) is 18.2 Å². The second-order valence-electron chi connectivity index (χ2n) is 7.17. The molecular weight excluding hydrogens is 356 g/mol. The number of carbonyl (C=O) groups is 3. The van der Waals surface area contributed by atoms with E-state index in [0.29, 0.717) is 24.3 Å². The molecule has 0 bridgehead atoms. The molecule has 0 saturated carbocycles. The van der Waals surface area contributed by atoms with Crippen molar-refractivity contribution in [2.75, 3.05) is 19.0 Å². The molecule has 146 valence electrons. The SMILES string of the molecule is COC(=O)c1ccc(C)c(NC(=O)[C@H]2CC(=O)N(Cc3ccc(C)cc3)C2)c1. The van der Waals surface area contributed by atoms with Crippen LogP contribution < -0.4 is 5.32 Å². The number of rotatable bonds is 5. The molecule has 0 unspecified atom stereocenters. The highest BCUT2D eigenvalue weighted by Gasteiger charge is 2.34. The lowest BCUT2D eigenvalue weighted by molar-refractivity contribution is -0.128. The maximum atomic E-state index is 12.7. The first-order valence-corrected chi connectivity index (χ1v) is 9.20. The minimum Gasteiger partial charge on any atom is -0.465 e. The number of hydrogen-bond acceptors (Lipinski definition) is 4. The average molecular weight is 380 g/mol. The smallest absolute Gasteiger partial charge is 0.337 e. The predicted octanol–water partition coefficient (Wildman–Crippen LogP) is 3.08. The van der Waals surface area contributed by atoms with E-state index in [1.54, 1.807) is 23.1 Å². The van der Waals surface area contributed by atoms with Crippen LogP contribution in [-0.2, 0) is 20.9 Å². The molecule has 2 aromatic carbocycles. The van der Waals surface area contributed by atoms with Gasteiger partial charge in [-0.2, -0.15) is 0 Å². The Bertz CT molecular complexity index is 905. The fraction of sp³-hybridized carbons (Fsp3) is 0.318. The molecule has 1 atom stereocenters. The number of likely N-dealkylation sites (tertiary alicyclic amines) is 1. The standard InChI is InChI=1S/C22H24N2O4/c1-14-4-7-16(8-5-14)12-24-13-18(11-20(24)25)21(26)23-19-10-17(22(27)28-3)9-6-15(19)2/h4-10,18H,11-13H2,1-3H3,(H,23,26)/t18-/m0/s1. The van der Waals surface area contributed by atoms with Crippen LogP contribution in [0.2, 0.25) is 0 Å². The Morgan fingerprint density at radius 3 is 2.54 bits per heavy atom. The second kappa shape index (κ2) is 8.25. The normalized spacial score (nSPS) is 16.2. The third-order valence-electron chi connectivity index (χ3n) is 5.00. The molecule has 3 rings (SSSR count). The molecule has 0 aliphatic carbocycles. The summed E-state index contributed by atoms with van der Waals surface area (Å²) in [4.78, 5) is 38.5. The summed E-state index contributed by atoms with van der Waals surface area (Å²) in [5, 5.41) is 2.86. The molecule has 6 nitrogen and oxygen atoms in total. The molecular formula is C22H24N2O4. The highest BCUT2D eigenvalue weighted by Crippen LogP contribution is 2.24. The van der Waals surface area contributed by atoms with Gasteiger partial charge in [-0.3, -0.25) is 9.59 Å². The lowest BCUT2D eigenvalue weighted by Crippen LogP contribution is -2.28. The highest BCUT2D eigenvalue weighted by atomic mass is 16.5. The second-order valence-corrected chi connectivity index (χ2v) is 7.17. The van der Waals surface area contributed by atoms with Crippen molar-refractivity contribution in [3.63, 3.8) is 0 Å². The van der Waals surface area contributed by atoms with Crippen LogP contribution in [0.25, 0.3) is 0 Å². The molecule has 2 amide bonds. The zero-order valence-electron chi connectivity index (χ0n) is 16.3. The number of esters is 1. The molecule has 28 heavy (non-hydrogen) atoms. The van der Waals surface area contributed by atoms with Crippen molar-refractivity contribution in [2.24, 2.45) is 5.92 Å². The van der Waals surface area contributed by atoms with Crippen molar-refractivity contribution in [3.8, 4) is 0 Å². The van der Waals surface area contributed by atoms with Crippen molar-refractivity contribution in [1.82, 2.24) is 4.90 Å². The number of nitrogens with zero attached hydrogens (tertiary/aromatic N) is 1. The molecule has 0 spiro atoms. The van der Waals surface area contributed by atoms with E-state index in [9.17, 15) is 14.4 Å². The van der Waals surface area contributed by atoms with Gasteiger partial charge in [-0.25, -0.2) is 4.79 Å². The lowest BCUT2D eigenvalue weighted by Gasteiger charge is -2.17. The van der Waals surface area contributed by atoms with Gasteiger partial charge in [0.15, 0.2) is 0 Å². The fourth-order valence-corrected chi connectivity index (χ4v) is 3.25. The Kier molecular flexibility index (Phi) is 5.78. The first kappa shape index (κ1) is 19.6. The summed E-state index contributed by atoms with van der Waals surface area (Å²) in [6, 6.07) is 13.0. The summed E-state index contributed by atoms with van der Waals surface area (Å²) >= 11 is 0.